The number of carbonyl (C=O) groups excluding carboxylic acids is 2. The first-order valence-electron chi connectivity index (χ1n) is 9.71. The normalized spacial score (nSPS) is 17.6. The van der Waals surface area contributed by atoms with E-state index < -0.39 is 23.5 Å². The molecular weight excluding hydrogens is 432 g/mol. The van der Waals surface area contributed by atoms with Gasteiger partial charge < -0.3 is 19.8 Å². The van der Waals surface area contributed by atoms with Gasteiger partial charge in [0.05, 0.1) is 24.3 Å². The van der Waals surface area contributed by atoms with Crippen molar-refractivity contribution in [1.29, 1.82) is 0 Å². The van der Waals surface area contributed by atoms with Crippen LogP contribution in [0.25, 0.3) is 5.76 Å². The van der Waals surface area contributed by atoms with Crippen molar-refractivity contribution < 1.29 is 24.5 Å². The highest BCUT2D eigenvalue weighted by Crippen LogP contribution is 2.42. The van der Waals surface area contributed by atoms with Crippen molar-refractivity contribution in [2.45, 2.75) is 12.6 Å². The van der Waals surface area contributed by atoms with E-state index in [4.69, 9.17) is 16.3 Å². The summed E-state index contributed by atoms with van der Waals surface area (Å²) in [5.41, 5.74) is 1.44. The Kier molecular flexibility index (Phi) is 5.83. The van der Waals surface area contributed by atoms with E-state index in [9.17, 15) is 19.8 Å². The van der Waals surface area contributed by atoms with E-state index in [0.29, 0.717) is 16.3 Å². The monoisotopic (exact) mass is 450 g/mol. The maximum atomic E-state index is 13.1. The van der Waals surface area contributed by atoms with Gasteiger partial charge in [0, 0.05) is 24.0 Å². The fourth-order valence-electron chi connectivity index (χ4n) is 3.74. The lowest BCUT2D eigenvalue weighted by Crippen LogP contribution is -2.29. The molecule has 2 heterocycles. The van der Waals surface area contributed by atoms with Crippen LogP contribution in [0.2, 0.25) is 5.02 Å². The lowest BCUT2D eigenvalue weighted by atomic mass is 9.95. The van der Waals surface area contributed by atoms with E-state index in [2.05, 4.69) is 4.98 Å². The Morgan fingerprint density at radius 2 is 1.78 bits per heavy atom. The molecule has 0 bridgehead atoms. The number of likely N-dealkylation sites (tertiary alicyclic amines) is 1. The van der Waals surface area contributed by atoms with E-state index in [0.717, 1.165) is 5.56 Å². The number of hydrogen-bond donors (Lipinski definition) is 2. The third-order valence-corrected chi connectivity index (χ3v) is 5.50. The van der Waals surface area contributed by atoms with E-state index in [1.54, 1.807) is 48.8 Å². The van der Waals surface area contributed by atoms with Crippen LogP contribution in [-0.4, -0.2) is 38.9 Å². The van der Waals surface area contributed by atoms with Gasteiger partial charge >= 0.3 is 0 Å². The molecule has 1 saturated heterocycles. The third-order valence-electron chi connectivity index (χ3n) is 5.27. The van der Waals surface area contributed by atoms with E-state index >= 15 is 0 Å². The summed E-state index contributed by atoms with van der Waals surface area (Å²) in [6.45, 7) is 0.127. The molecule has 0 aliphatic carbocycles. The number of aromatic hydroxyl groups is 1. The van der Waals surface area contributed by atoms with E-state index in [-0.39, 0.29) is 23.4 Å². The minimum absolute atomic E-state index is 0.0383. The molecule has 32 heavy (non-hydrogen) atoms. The van der Waals surface area contributed by atoms with Gasteiger partial charge in [0.15, 0.2) is 0 Å². The van der Waals surface area contributed by atoms with Crippen molar-refractivity contribution >= 4 is 29.1 Å². The minimum atomic E-state index is -0.882. The van der Waals surface area contributed by atoms with Crippen molar-refractivity contribution in [3.05, 3.63) is 94.3 Å². The number of nitrogens with zero attached hydrogens (tertiary/aromatic N) is 2. The van der Waals surface area contributed by atoms with Crippen LogP contribution < -0.4 is 4.74 Å². The Morgan fingerprint density at radius 1 is 1.09 bits per heavy atom. The van der Waals surface area contributed by atoms with Gasteiger partial charge in [-0.1, -0.05) is 23.7 Å². The second-order valence-corrected chi connectivity index (χ2v) is 7.66. The van der Waals surface area contributed by atoms with Gasteiger partial charge in [-0.3, -0.25) is 14.6 Å². The summed E-state index contributed by atoms with van der Waals surface area (Å²) in [5, 5.41) is 21.2. The first-order chi connectivity index (χ1) is 15.4. The predicted octanol–water partition coefficient (Wildman–Crippen LogP) is 4.07. The highest BCUT2D eigenvalue weighted by molar-refractivity contribution is 6.46. The number of aromatic nitrogens is 1. The molecule has 0 spiro atoms. The van der Waals surface area contributed by atoms with Gasteiger partial charge in [-0.25, -0.2) is 0 Å². The van der Waals surface area contributed by atoms with Crippen LogP contribution in [0.5, 0.6) is 11.5 Å². The number of phenols is 1. The number of phenolic OH excluding ortho intramolecular Hbond substituents is 1. The zero-order valence-corrected chi connectivity index (χ0v) is 17.8. The fourth-order valence-corrected chi connectivity index (χ4v) is 3.91. The molecule has 2 N–H and O–H groups in total. The molecule has 1 amide bonds. The number of aliphatic hydroxyl groups is 1. The SMILES string of the molecule is COc1ccc(Cl)cc1/C(O)=C1\C(=O)C(=O)N(Cc2ccncc2)C1c1ccc(O)cc1. The van der Waals surface area contributed by atoms with Gasteiger partial charge in [-0.15, -0.1) is 0 Å². The number of benzene rings is 2. The summed E-state index contributed by atoms with van der Waals surface area (Å²) < 4.78 is 5.32. The van der Waals surface area contributed by atoms with Gasteiger partial charge in [0.25, 0.3) is 11.7 Å². The quantitative estimate of drug-likeness (QED) is 0.345. The Balaban J connectivity index is 1.91. The Morgan fingerprint density at radius 3 is 2.44 bits per heavy atom. The average Bonchev–Trinajstić information content (AvgIpc) is 3.04. The molecule has 3 aromatic rings. The maximum absolute atomic E-state index is 13.1. The molecule has 2 aromatic carbocycles. The molecule has 1 aliphatic rings. The first kappa shape index (κ1) is 21.4. The van der Waals surface area contributed by atoms with Crippen LogP contribution in [-0.2, 0) is 16.1 Å². The van der Waals surface area contributed by atoms with Crippen LogP contribution in [0, 0.1) is 0 Å². The number of hydrogen-bond acceptors (Lipinski definition) is 6. The number of rotatable bonds is 5. The minimum Gasteiger partial charge on any atom is -0.508 e. The topological polar surface area (TPSA) is 100.0 Å². The number of ketones is 1. The van der Waals surface area contributed by atoms with Gasteiger partial charge in [0.1, 0.15) is 17.3 Å². The molecule has 1 fully saturated rings. The number of amides is 1. The summed E-state index contributed by atoms with van der Waals surface area (Å²) in [6.07, 6.45) is 3.19. The Labute approximate surface area is 189 Å². The second-order valence-electron chi connectivity index (χ2n) is 7.22. The molecule has 1 atom stereocenters. The van der Waals surface area contributed by atoms with Crippen molar-refractivity contribution in [1.82, 2.24) is 9.88 Å². The predicted molar refractivity (Wildman–Crippen MR) is 118 cm³/mol. The summed E-state index contributed by atoms with van der Waals surface area (Å²) in [5.74, 6) is -1.62. The maximum Gasteiger partial charge on any atom is 0.295 e. The second kappa shape index (κ2) is 8.72. The summed E-state index contributed by atoms with van der Waals surface area (Å²) >= 11 is 6.11. The molecule has 1 unspecified atom stereocenters. The number of Topliss-reactive ketones (excluding diaryl/α,β-unsaturated/α-hetero) is 1. The van der Waals surface area contributed by atoms with E-state index in [1.807, 2.05) is 0 Å². The summed E-state index contributed by atoms with van der Waals surface area (Å²) in [7, 11) is 1.43. The number of pyridine rings is 1. The van der Waals surface area contributed by atoms with Crippen molar-refractivity contribution in [2.24, 2.45) is 0 Å². The number of aliphatic hydroxyl groups excluding tert-OH is 1. The van der Waals surface area contributed by atoms with Crippen molar-refractivity contribution in [2.75, 3.05) is 7.11 Å². The van der Waals surface area contributed by atoms with Crippen LogP contribution in [0.3, 0.4) is 0 Å². The van der Waals surface area contributed by atoms with Gasteiger partial charge in [0.2, 0.25) is 0 Å². The molecular formula is C24H19ClN2O5. The number of halogens is 1. The molecule has 4 rings (SSSR count). The zero-order valence-electron chi connectivity index (χ0n) is 17.0. The first-order valence-corrected chi connectivity index (χ1v) is 10.1. The standard InChI is InChI=1S/C24H19ClN2O5/c1-32-19-7-4-16(25)12-18(19)22(29)20-21(15-2-5-17(28)6-3-15)27(24(31)23(20)30)13-14-8-10-26-11-9-14/h2-12,21,28-29H,13H2,1H3/b22-20+. The van der Waals surface area contributed by atoms with Gasteiger partial charge in [-0.2, -0.15) is 0 Å². The lowest BCUT2D eigenvalue weighted by Gasteiger charge is -2.25. The largest absolute Gasteiger partial charge is 0.508 e. The Hall–Kier alpha value is -3.84. The van der Waals surface area contributed by atoms with Gasteiger partial charge in [-0.05, 0) is 53.6 Å². The smallest absolute Gasteiger partial charge is 0.295 e. The van der Waals surface area contributed by atoms with Crippen LogP contribution in [0.4, 0.5) is 0 Å². The average molecular weight is 451 g/mol. The third kappa shape index (κ3) is 3.90. The molecule has 0 saturated carbocycles. The molecule has 0 radical (unpaired) electrons. The molecule has 1 aromatic heterocycles. The molecule has 7 nitrogen and oxygen atoms in total. The lowest BCUT2D eigenvalue weighted by molar-refractivity contribution is -0.140. The highest BCUT2D eigenvalue weighted by atomic mass is 35.5. The molecule has 1 aliphatic heterocycles. The Bertz CT molecular complexity index is 1210. The zero-order chi connectivity index (χ0) is 22.8. The molecule has 162 valence electrons. The fraction of sp³-hybridized carbons (Fsp3) is 0.125. The van der Waals surface area contributed by atoms with E-state index in [1.165, 1.54) is 30.2 Å². The summed E-state index contributed by atoms with van der Waals surface area (Å²) in [4.78, 5) is 31.5. The highest BCUT2D eigenvalue weighted by Gasteiger charge is 2.46. The van der Waals surface area contributed by atoms with Crippen LogP contribution in [0.15, 0.2) is 72.6 Å². The number of ether oxygens (including phenoxy) is 1. The van der Waals surface area contributed by atoms with Crippen LogP contribution >= 0.6 is 11.6 Å². The summed E-state index contributed by atoms with van der Waals surface area (Å²) in [6, 6.07) is 13.4. The van der Waals surface area contributed by atoms with Crippen molar-refractivity contribution in [3.8, 4) is 11.5 Å². The van der Waals surface area contributed by atoms with Crippen LogP contribution in [0.1, 0.15) is 22.7 Å². The molecule has 8 heteroatoms. The number of methoxy groups -OCH3 is 1. The van der Waals surface area contributed by atoms with Crippen molar-refractivity contribution in [3.63, 3.8) is 0 Å². The number of carbonyl (C=O) groups is 2.